The van der Waals surface area contributed by atoms with E-state index in [1.807, 2.05) is 5.75 Å². The number of hydrogen-bond acceptors (Lipinski definition) is 2. The summed E-state index contributed by atoms with van der Waals surface area (Å²) in [6, 6.07) is 0. The van der Waals surface area contributed by atoms with Crippen LogP contribution in [0.2, 0.25) is 0 Å². The van der Waals surface area contributed by atoms with E-state index >= 15 is 0 Å². The summed E-state index contributed by atoms with van der Waals surface area (Å²) in [5.74, 6) is 1.97. The summed E-state index contributed by atoms with van der Waals surface area (Å²) >= 11 is 7.15. The third kappa shape index (κ3) is 1.03. The van der Waals surface area contributed by atoms with E-state index in [0.717, 1.165) is 6.54 Å². The van der Waals surface area contributed by atoms with Crippen LogP contribution in [0.1, 0.15) is 0 Å². The van der Waals surface area contributed by atoms with Gasteiger partial charge in [0.1, 0.15) is 0 Å². The normalized spacial score (nSPS) is 34.5. The lowest BCUT2D eigenvalue weighted by molar-refractivity contribution is 0.978. The van der Waals surface area contributed by atoms with E-state index in [1.54, 1.807) is 11.9 Å². The minimum Gasteiger partial charge on any atom is -0.262 e. The second-order valence-electron chi connectivity index (χ2n) is 1.12. The van der Waals surface area contributed by atoms with Crippen molar-refractivity contribution in [2.24, 2.45) is 0 Å². The molecule has 1 rings (SSSR count). The first kappa shape index (κ1) is 4.75. The highest BCUT2D eigenvalue weighted by Gasteiger charge is 2.10. The van der Waals surface area contributed by atoms with Crippen molar-refractivity contribution in [3.63, 3.8) is 0 Å². The van der Waals surface area contributed by atoms with Crippen molar-refractivity contribution in [2.75, 3.05) is 6.54 Å². The molecule has 1 atom stereocenters. The molecule has 1 N–H and O–H groups in total. The predicted molar refractivity (Wildman–Crippen MR) is 29.5 cm³/mol. The van der Waals surface area contributed by atoms with Crippen LogP contribution in [-0.2, 0) is 0 Å². The first-order valence-corrected chi connectivity index (χ1v) is 3.07. The van der Waals surface area contributed by atoms with Crippen LogP contribution >= 0.6 is 23.5 Å². The lowest BCUT2D eigenvalue weighted by Crippen LogP contribution is -2.03. The Morgan fingerprint density at radius 2 is 2.83 bits per heavy atom. The second kappa shape index (κ2) is 2.05. The molecular weight excluding hydrogens is 118 g/mol. The van der Waals surface area contributed by atoms with Gasteiger partial charge in [-0.2, -0.15) is 0 Å². The van der Waals surface area contributed by atoms with Crippen LogP contribution in [0.4, 0.5) is 0 Å². The van der Waals surface area contributed by atoms with Crippen LogP contribution in [-0.4, -0.2) is 11.9 Å². The Morgan fingerprint density at radius 3 is 3.00 bits per heavy atom. The van der Waals surface area contributed by atoms with E-state index < -0.39 is 0 Å². The molecule has 1 aliphatic rings. The molecule has 1 fully saturated rings. The zero-order valence-electron chi connectivity index (χ0n) is 3.15. The lowest BCUT2D eigenvalue weighted by Gasteiger charge is -1.85. The molecule has 3 heteroatoms. The van der Waals surface area contributed by atoms with Gasteiger partial charge in [-0.25, -0.2) is 0 Å². The fourth-order valence-electron chi connectivity index (χ4n) is 0.298. The van der Waals surface area contributed by atoms with E-state index in [9.17, 15) is 0 Å². The Kier molecular flexibility index (Phi) is 1.62. The molecule has 35 valence electrons. The zero-order chi connectivity index (χ0) is 4.41. The van der Waals surface area contributed by atoms with Crippen LogP contribution in [0.5, 0.6) is 0 Å². The minimum absolute atomic E-state index is 0.245. The van der Waals surface area contributed by atoms with Crippen molar-refractivity contribution in [3.05, 3.63) is 5.75 Å². The van der Waals surface area contributed by atoms with Gasteiger partial charge in [0.15, 0.2) is 0 Å². The number of halogens is 1. The van der Waals surface area contributed by atoms with Gasteiger partial charge in [0, 0.05) is 6.54 Å². The van der Waals surface area contributed by atoms with E-state index in [2.05, 4.69) is 4.72 Å². The highest BCUT2D eigenvalue weighted by Crippen LogP contribution is 2.16. The maximum Gasteiger partial charge on any atom is 0.0612 e. The molecule has 0 aromatic rings. The van der Waals surface area contributed by atoms with Gasteiger partial charge in [-0.3, -0.25) is 4.72 Å². The van der Waals surface area contributed by atoms with Gasteiger partial charge in [0.05, 0.1) is 11.1 Å². The van der Waals surface area contributed by atoms with Gasteiger partial charge in [0.25, 0.3) is 0 Å². The molecule has 1 nitrogen and oxygen atoms in total. The molecule has 0 spiro atoms. The molecule has 1 aliphatic heterocycles. The number of alkyl halides is 1. The summed E-state index contributed by atoms with van der Waals surface area (Å²) < 4.78 is 3.00. The van der Waals surface area contributed by atoms with Crippen LogP contribution in [0.3, 0.4) is 0 Å². The summed E-state index contributed by atoms with van der Waals surface area (Å²) in [5.41, 5.74) is 0. The van der Waals surface area contributed by atoms with E-state index in [-0.39, 0.29) is 5.38 Å². The van der Waals surface area contributed by atoms with Crippen molar-refractivity contribution in [1.29, 1.82) is 0 Å². The molecule has 0 aliphatic carbocycles. The van der Waals surface area contributed by atoms with Crippen molar-refractivity contribution in [1.82, 2.24) is 4.72 Å². The Labute approximate surface area is 46.6 Å². The molecule has 0 aromatic heterocycles. The molecular formula is C3H5ClNS. The quantitative estimate of drug-likeness (QED) is 0.380. The van der Waals surface area contributed by atoms with E-state index in [1.165, 1.54) is 0 Å². The molecule has 1 radical (unpaired) electrons. The molecule has 0 amide bonds. The highest BCUT2D eigenvalue weighted by atomic mass is 35.5. The molecule has 0 saturated carbocycles. The summed E-state index contributed by atoms with van der Waals surface area (Å²) in [6.07, 6.45) is 0. The van der Waals surface area contributed by atoms with Crippen molar-refractivity contribution in [2.45, 2.75) is 5.38 Å². The van der Waals surface area contributed by atoms with Crippen LogP contribution in [0.25, 0.3) is 0 Å². The largest absolute Gasteiger partial charge is 0.262 e. The zero-order valence-corrected chi connectivity index (χ0v) is 4.72. The minimum atomic E-state index is 0.245. The Balaban J connectivity index is 2.18. The van der Waals surface area contributed by atoms with Crippen LogP contribution in [0.15, 0.2) is 0 Å². The highest BCUT2D eigenvalue weighted by molar-refractivity contribution is 7.99. The number of hydrogen-bond donors (Lipinski definition) is 1. The Morgan fingerprint density at radius 1 is 2.00 bits per heavy atom. The van der Waals surface area contributed by atoms with Gasteiger partial charge in [0.2, 0.25) is 0 Å². The van der Waals surface area contributed by atoms with Gasteiger partial charge < -0.3 is 0 Å². The number of rotatable bonds is 0. The Hall–Kier alpha value is 0.600. The van der Waals surface area contributed by atoms with Crippen molar-refractivity contribution < 1.29 is 0 Å². The SMILES string of the molecule is ClC1[CH]SNC1. The van der Waals surface area contributed by atoms with Gasteiger partial charge in [-0.15, -0.1) is 11.6 Å². The second-order valence-corrected chi connectivity index (χ2v) is 2.48. The fraction of sp³-hybridized carbons (Fsp3) is 0.667. The molecule has 1 saturated heterocycles. The van der Waals surface area contributed by atoms with E-state index in [4.69, 9.17) is 11.6 Å². The number of nitrogens with one attached hydrogen (secondary N) is 1. The van der Waals surface area contributed by atoms with Gasteiger partial charge in [-0.05, 0) is 0 Å². The molecule has 0 aromatic carbocycles. The maximum atomic E-state index is 5.57. The molecule has 0 bridgehead atoms. The molecule has 6 heavy (non-hydrogen) atoms. The first-order chi connectivity index (χ1) is 2.89. The average Bonchev–Trinajstić information content (AvgIpc) is 1.86. The fourth-order valence-corrected chi connectivity index (χ4v) is 1.24. The summed E-state index contributed by atoms with van der Waals surface area (Å²) in [4.78, 5) is 0. The molecule has 1 heterocycles. The maximum absolute atomic E-state index is 5.57. The smallest absolute Gasteiger partial charge is 0.0612 e. The van der Waals surface area contributed by atoms with Gasteiger partial charge in [-0.1, -0.05) is 11.9 Å². The summed E-state index contributed by atoms with van der Waals surface area (Å²) in [7, 11) is 0. The lowest BCUT2D eigenvalue weighted by atomic mass is 10.5. The summed E-state index contributed by atoms with van der Waals surface area (Å²) in [5, 5.41) is 0.245. The van der Waals surface area contributed by atoms with Crippen molar-refractivity contribution >= 4 is 23.5 Å². The topological polar surface area (TPSA) is 12.0 Å². The molecule has 1 unspecified atom stereocenters. The standard InChI is InChI=1S/C3H5ClNS/c4-3-1-5-6-2-3/h2-3,5H,1H2. The predicted octanol–water partition coefficient (Wildman–Crippen LogP) is 1.01. The third-order valence-electron chi connectivity index (χ3n) is 0.577. The Bertz CT molecular complexity index is 44.1. The third-order valence-corrected chi connectivity index (χ3v) is 1.81. The van der Waals surface area contributed by atoms with Crippen molar-refractivity contribution in [3.8, 4) is 0 Å². The first-order valence-electron chi connectivity index (χ1n) is 1.75. The van der Waals surface area contributed by atoms with Gasteiger partial charge >= 0.3 is 0 Å². The summed E-state index contributed by atoms with van der Waals surface area (Å²) in [6.45, 7) is 0.909. The van der Waals surface area contributed by atoms with Crippen LogP contribution < -0.4 is 4.72 Å². The monoisotopic (exact) mass is 122 g/mol. The van der Waals surface area contributed by atoms with E-state index in [0.29, 0.717) is 0 Å². The average molecular weight is 123 g/mol. The van der Waals surface area contributed by atoms with Crippen LogP contribution in [0, 0.1) is 5.75 Å².